The predicted molar refractivity (Wildman–Crippen MR) is 58.9 cm³/mol. The Bertz CT molecular complexity index is 307. The molecule has 1 N–H and O–H groups in total. The number of halogens is 1. The van der Waals surface area contributed by atoms with Crippen molar-refractivity contribution < 1.29 is 4.42 Å². The van der Waals surface area contributed by atoms with Gasteiger partial charge in [-0.15, -0.1) is 16.7 Å². The lowest BCUT2D eigenvalue weighted by molar-refractivity contribution is 0.355. The molecule has 1 saturated carbocycles. The second-order valence-corrected chi connectivity index (χ2v) is 4.50. The van der Waals surface area contributed by atoms with E-state index in [1.165, 1.54) is 25.7 Å². The van der Waals surface area contributed by atoms with Crippen molar-refractivity contribution in [3.8, 4) is 0 Å². The largest absolute Gasteiger partial charge is 0.407 e. The molecule has 0 radical (unpaired) electrons. The first-order chi connectivity index (χ1) is 7.28. The maximum absolute atomic E-state index is 5.58. The molecule has 5 heteroatoms. The van der Waals surface area contributed by atoms with E-state index in [-0.39, 0.29) is 5.88 Å². The summed E-state index contributed by atoms with van der Waals surface area (Å²) < 4.78 is 5.30. The van der Waals surface area contributed by atoms with E-state index in [1.54, 1.807) is 0 Å². The molecule has 1 aliphatic rings. The number of aromatic nitrogens is 2. The summed E-state index contributed by atoms with van der Waals surface area (Å²) in [6.45, 7) is 2.30. The summed E-state index contributed by atoms with van der Waals surface area (Å²) in [6, 6.07) is 0.982. The lowest BCUT2D eigenvalue weighted by Crippen LogP contribution is -2.25. The molecular weight excluding hydrogens is 214 g/mol. The van der Waals surface area contributed by atoms with Gasteiger partial charge >= 0.3 is 6.01 Å². The minimum absolute atomic E-state index is 0.274. The van der Waals surface area contributed by atoms with Crippen molar-refractivity contribution in [3.63, 3.8) is 0 Å². The fourth-order valence-corrected chi connectivity index (χ4v) is 2.05. The molecule has 0 unspecified atom stereocenters. The van der Waals surface area contributed by atoms with Crippen LogP contribution in [0.3, 0.4) is 0 Å². The molecule has 0 amide bonds. The molecule has 1 heterocycles. The van der Waals surface area contributed by atoms with Gasteiger partial charge in [-0.2, -0.15) is 0 Å². The minimum atomic E-state index is 0.274. The van der Waals surface area contributed by atoms with Gasteiger partial charge < -0.3 is 9.73 Å². The highest BCUT2D eigenvalue weighted by Crippen LogP contribution is 2.25. The summed E-state index contributed by atoms with van der Waals surface area (Å²) in [6.07, 6.45) is 4.90. The van der Waals surface area contributed by atoms with E-state index >= 15 is 0 Å². The molecule has 15 heavy (non-hydrogen) atoms. The molecule has 1 fully saturated rings. The summed E-state index contributed by atoms with van der Waals surface area (Å²) in [5.41, 5.74) is 0. The Morgan fingerprint density at radius 3 is 2.67 bits per heavy atom. The first-order valence-corrected chi connectivity index (χ1v) is 5.96. The monoisotopic (exact) mass is 229 g/mol. The lowest BCUT2D eigenvalue weighted by Gasteiger charge is -2.25. The molecule has 1 aromatic rings. The van der Waals surface area contributed by atoms with Crippen LogP contribution < -0.4 is 5.32 Å². The maximum Gasteiger partial charge on any atom is 0.315 e. The highest BCUT2D eigenvalue weighted by Gasteiger charge is 2.19. The van der Waals surface area contributed by atoms with Crippen LogP contribution in [0.15, 0.2) is 4.42 Å². The number of hydrogen-bond acceptors (Lipinski definition) is 4. The smallest absolute Gasteiger partial charge is 0.315 e. The van der Waals surface area contributed by atoms with Gasteiger partial charge in [0.2, 0.25) is 5.89 Å². The molecule has 4 nitrogen and oxygen atoms in total. The Labute approximate surface area is 94.4 Å². The maximum atomic E-state index is 5.58. The third kappa shape index (κ3) is 2.84. The zero-order valence-electron chi connectivity index (χ0n) is 8.87. The SMILES string of the molecule is CC1CCC(Nc2nnc(CCl)o2)CC1. The van der Waals surface area contributed by atoms with Gasteiger partial charge in [0.25, 0.3) is 0 Å². The fraction of sp³-hybridized carbons (Fsp3) is 0.800. The Morgan fingerprint density at radius 2 is 2.07 bits per heavy atom. The number of nitrogens with one attached hydrogen (secondary N) is 1. The van der Waals surface area contributed by atoms with E-state index in [1.807, 2.05) is 0 Å². The standard InChI is InChI=1S/C10H16ClN3O/c1-7-2-4-8(5-3-7)12-10-14-13-9(6-11)15-10/h7-8H,2-6H2,1H3,(H,12,14). The average molecular weight is 230 g/mol. The number of hydrogen-bond donors (Lipinski definition) is 1. The van der Waals surface area contributed by atoms with Gasteiger partial charge in [0.15, 0.2) is 0 Å². The minimum Gasteiger partial charge on any atom is -0.407 e. The number of rotatable bonds is 3. The zero-order valence-corrected chi connectivity index (χ0v) is 9.63. The lowest BCUT2D eigenvalue weighted by atomic mass is 9.87. The van der Waals surface area contributed by atoms with E-state index in [0.29, 0.717) is 17.9 Å². The molecule has 0 saturated heterocycles. The van der Waals surface area contributed by atoms with E-state index < -0.39 is 0 Å². The number of alkyl halides is 1. The van der Waals surface area contributed by atoms with Crippen molar-refractivity contribution in [1.29, 1.82) is 0 Å². The van der Waals surface area contributed by atoms with Crippen molar-refractivity contribution in [2.45, 2.75) is 44.5 Å². The molecular formula is C10H16ClN3O. The average Bonchev–Trinajstić information content (AvgIpc) is 2.69. The van der Waals surface area contributed by atoms with Crippen LogP contribution in [-0.4, -0.2) is 16.2 Å². The van der Waals surface area contributed by atoms with Gasteiger partial charge in [0.1, 0.15) is 5.88 Å². The van der Waals surface area contributed by atoms with Crippen molar-refractivity contribution in [3.05, 3.63) is 5.89 Å². The number of anilines is 1. The van der Waals surface area contributed by atoms with E-state index in [9.17, 15) is 0 Å². The summed E-state index contributed by atoms with van der Waals surface area (Å²) in [4.78, 5) is 0. The molecule has 1 aromatic heterocycles. The summed E-state index contributed by atoms with van der Waals surface area (Å²) in [7, 11) is 0. The molecule has 2 rings (SSSR count). The van der Waals surface area contributed by atoms with Crippen molar-refractivity contribution in [1.82, 2.24) is 10.2 Å². The van der Waals surface area contributed by atoms with Crippen molar-refractivity contribution in [2.75, 3.05) is 5.32 Å². The molecule has 0 aliphatic heterocycles. The summed E-state index contributed by atoms with van der Waals surface area (Å²) in [5, 5.41) is 10.9. The van der Waals surface area contributed by atoms with Gasteiger partial charge in [-0.1, -0.05) is 12.0 Å². The van der Waals surface area contributed by atoms with Crippen LogP contribution in [0.25, 0.3) is 0 Å². The van der Waals surface area contributed by atoms with Crippen molar-refractivity contribution in [2.24, 2.45) is 5.92 Å². The van der Waals surface area contributed by atoms with Gasteiger partial charge in [0.05, 0.1) is 0 Å². The van der Waals surface area contributed by atoms with Crippen molar-refractivity contribution >= 4 is 17.6 Å². The second kappa shape index (κ2) is 4.84. The summed E-state index contributed by atoms with van der Waals surface area (Å²) >= 11 is 5.58. The predicted octanol–water partition coefficient (Wildman–Crippen LogP) is 2.80. The fourth-order valence-electron chi connectivity index (χ4n) is 1.94. The van der Waals surface area contributed by atoms with E-state index in [4.69, 9.17) is 16.0 Å². The van der Waals surface area contributed by atoms with Crippen LogP contribution in [0, 0.1) is 5.92 Å². The Balaban J connectivity index is 1.86. The number of nitrogens with zero attached hydrogens (tertiary/aromatic N) is 2. The third-order valence-electron chi connectivity index (χ3n) is 2.92. The highest BCUT2D eigenvalue weighted by atomic mass is 35.5. The Morgan fingerprint density at radius 1 is 1.33 bits per heavy atom. The first-order valence-electron chi connectivity index (χ1n) is 5.43. The molecule has 84 valence electrons. The Kier molecular flexibility index (Phi) is 3.46. The third-order valence-corrected chi connectivity index (χ3v) is 3.15. The molecule has 1 aliphatic carbocycles. The second-order valence-electron chi connectivity index (χ2n) is 4.24. The van der Waals surface area contributed by atoms with Crippen LogP contribution in [0.5, 0.6) is 0 Å². The van der Waals surface area contributed by atoms with Crippen LogP contribution in [0.1, 0.15) is 38.5 Å². The van der Waals surface area contributed by atoms with Crippen LogP contribution >= 0.6 is 11.6 Å². The quantitative estimate of drug-likeness (QED) is 0.810. The van der Waals surface area contributed by atoms with E-state index in [0.717, 1.165) is 5.92 Å². The normalized spacial score (nSPS) is 26.5. The molecule has 0 atom stereocenters. The topological polar surface area (TPSA) is 51.0 Å². The van der Waals surface area contributed by atoms with E-state index in [2.05, 4.69) is 22.4 Å². The van der Waals surface area contributed by atoms with Gasteiger partial charge in [-0.3, -0.25) is 0 Å². The zero-order chi connectivity index (χ0) is 10.7. The van der Waals surface area contributed by atoms with Gasteiger partial charge in [0, 0.05) is 6.04 Å². The molecule has 0 bridgehead atoms. The molecule has 0 aromatic carbocycles. The van der Waals surface area contributed by atoms with Crippen LogP contribution in [-0.2, 0) is 5.88 Å². The van der Waals surface area contributed by atoms with Gasteiger partial charge in [-0.25, -0.2) is 0 Å². The molecule has 0 spiro atoms. The van der Waals surface area contributed by atoms with Gasteiger partial charge in [-0.05, 0) is 31.6 Å². The van der Waals surface area contributed by atoms with Crippen LogP contribution in [0.2, 0.25) is 0 Å². The van der Waals surface area contributed by atoms with Crippen LogP contribution in [0.4, 0.5) is 6.01 Å². The first kappa shape index (κ1) is 10.7. The summed E-state index contributed by atoms with van der Waals surface area (Å²) in [5.74, 6) is 1.60. The highest BCUT2D eigenvalue weighted by molar-refractivity contribution is 6.16. The Hall–Kier alpha value is -0.770.